The van der Waals surface area contributed by atoms with Crippen LogP contribution in [-0.2, 0) is 0 Å². The van der Waals surface area contributed by atoms with Gasteiger partial charge in [-0.15, -0.1) is 11.3 Å². The fourth-order valence-corrected chi connectivity index (χ4v) is 3.64. The number of benzene rings is 1. The fraction of sp³-hybridized carbons (Fsp3) is 0.250. The minimum atomic E-state index is -5.24. The zero-order valence-corrected chi connectivity index (χ0v) is 13.4. The van der Waals surface area contributed by atoms with Crippen LogP contribution in [0.1, 0.15) is 21.3 Å². The number of ketones is 1. The smallest absolute Gasteiger partial charge is 0.363 e. The lowest BCUT2D eigenvalue weighted by molar-refractivity contribution is -0.287. The number of rotatable bonds is 3. The van der Waals surface area contributed by atoms with Crippen LogP contribution in [0.2, 0.25) is 0 Å². The van der Waals surface area contributed by atoms with E-state index in [1.807, 2.05) is 0 Å². The second kappa shape index (κ2) is 6.16. The van der Waals surface area contributed by atoms with Gasteiger partial charge in [-0.1, -0.05) is 36.4 Å². The van der Waals surface area contributed by atoms with E-state index in [2.05, 4.69) is 5.32 Å². The first-order valence-corrected chi connectivity index (χ1v) is 8.12. The molecule has 0 saturated carbocycles. The summed E-state index contributed by atoms with van der Waals surface area (Å²) in [5.74, 6) is -2.91. The van der Waals surface area contributed by atoms with E-state index in [0.717, 1.165) is 11.3 Å². The second-order valence-corrected chi connectivity index (χ2v) is 6.54. The number of aliphatic hydroxyl groups is 1. The molecule has 3 N–H and O–H groups in total. The predicted molar refractivity (Wildman–Crippen MR) is 84.0 cm³/mol. The lowest BCUT2D eigenvalue weighted by atomic mass is 9.79. The molecule has 1 aromatic heterocycles. The number of Topliss-reactive ketones (excluding diaryl/α,β-unsaturated/α-hetero) is 1. The van der Waals surface area contributed by atoms with E-state index in [4.69, 9.17) is 0 Å². The molecular weight excluding hydrogens is 357 g/mol. The van der Waals surface area contributed by atoms with Crippen LogP contribution in [0.3, 0.4) is 0 Å². The Morgan fingerprint density at radius 1 is 1.16 bits per heavy atom. The summed E-state index contributed by atoms with van der Waals surface area (Å²) >= 11 is 1.09. The largest absolute Gasteiger partial charge is 0.437 e. The number of nitrogens with one attached hydrogen (secondary N) is 2. The van der Waals surface area contributed by atoms with E-state index in [0.29, 0.717) is 4.88 Å². The molecule has 0 bridgehead atoms. The molecule has 0 radical (unpaired) electrons. The van der Waals surface area contributed by atoms with E-state index < -0.39 is 35.7 Å². The quantitative estimate of drug-likeness (QED) is 0.727. The Morgan fingerprint density at radius 2 is 1.84 bits per heavy atom. The monoisotopic (exact) mass is 370 g/mol. The Morgan fingerprint density at radius 3 is 2.40 bits per heavy atom. The zero-order valence-electron chi connectivity index (χ0n) is 12.6. The van der Waals surface area contributed by atoms with Crippen LogP contribution in [0.5, 0.6) is 0 Å². The van der Waals surface area contributed by atoms with Gasteiger partial charge in [0.1, 0.15) is 5.92 Å². The van der Waals surface area contributed by atoms with Crippen LogP contribution in [0.25, 0.3) is 0 Å². The van der Waals surface area contributed by atoms with Gasteiger partial charge in [0.15, 0.2) is 5.78 Å². The molecule has 2 heterocycles. The Kier molecular flexibility index (Phi) is 4.29. The Balaban J connectivity index is 2.14. The maximum atomic E-state index is 13.6. The Bertz CT molecular complexity index is 780. The first-order valence-electron chi connectivity index (χ1n) is 7.24. The number of amides is 2. The van der Waals surface area contributed by atoms with Crippen molar-refractivity contribution in [1.29, 1.82) is 0 Å². The number of thiophene rings is 1. The number of hydrogen-bond donors (Lipinski definition) is 3. The highest BCUT2D eigenvalue weighted by molar-refractivity contribution is 7.10. The number of halogens is 3. The highest BCUT2D eigenvalue weighted by Crippen LogP contribution is 2.44. The number of urea groups is 1. The first-order chi connectivity index (χ1) is 11.7. The van der Waals surface area contributed by atoms with Crippen molar-refractivity contribution in [2.75, 3.05) is 0 Å². The molecule has 5 nitrogen and oxygen atoms in total. The summed E-state index contributed by atoms with van der Waals surface area (Å²) in [6, 6.07) is 7.94. The summed E-state index contributed by atoms with van der Waals surface area (Å²) in [5.41, 5.74) is -3.67. The molecule has 25 heavy (non-hydrogen) atoms. The summed E-state index contributed by atoms with van der Waals surface area (Å²) < 4.78 is 40.8. The molecule has 2 aromatic rings. The van der Waals surface area contributed by atoms with Gasteiger partial charge < -0.3 is 15.7 Å². The van der Waals surface area contributed by atoms with Gasteiger partial charge in [-0.3, -0.25) is 4.79 Å². The molecule has 0 spiro atoms. The van der Waals surface area contributed by atoms with Crippen LogP contribution < -0.4 is 10.6 Å². The molecule has 1 aliphatic heterocycles. The first kappa shape index (κ1) is 17.4. The topological polar surface area (TPSA) is 78.4 Å². The summed E-state index contributed by atoms with van der Waals surface area (Å²) in [6.07, 6.45) is -5.24. The van der Waals surface area contributed by atoms with Crippen molar-refractivity contribution in [3.63, 3.8) is 0 Å². The maximum absolute atomic E-state index is 13.6. The molecule has 0 unspecified atom stereocenters. The van der Waals surface area contributed by atoms with E-state index >= 15 is 0 Å². The normalized spacial score (nSPS) is 26.6. The molecule has 1 aliphatic rings. The highest BCUT2D eigenvalue weighted by atomic mass is 32.1. The van der Waals surface area contributed by atoms with Gasteiger partial charge in [0.05, 0.1) is 6.04 Å². The number of alkyl halides is 3. The van der Waals surface area contributed by atoms with E-state index in [1.54, 1.807) is 17.5 Å². The standard InChI is InChI=1S/C16H13F3N2O3S/c17-16(18,19)15(24)11(13(22)9-5-2-1-3-6-9)12(20-14(23)21-15)10-7-4-8-25-10/h1-8,11-12,24H,(H2,20,21,23)/t11-,12+,15-/m0/s1. The molecule has 0 aliphatic carbocycles. The third kappa shape index (κ3) is 3.00. The lowest BCUT2D eigenvalue weighted by Gasteiger charge is -2.44. The summed E-state index contributed by atoms with van der Waals surface area (Å²) in [6.45, 7) is 0. The third-order valence-corrected chi connectivity index (χ3v) is 4.95. The minimum absolute atomic E-state index is 0.00896. The van der Waals surface area contributed by atoms with Crippen molar-refractivity contribution in [1.82, 2.24) is 10.6 Å². The van der Waals surface area contributed by atoms with Crippen molar-refractivity contribution in [2.45, 2.75) is 17.9 Å². The number of hydrogen-bond acceptors (Lipinski definition) is 4. The van der Waals surface area contributed by atoms with Gasteiger partial charge in [-0.05, 0) is 11.4 Å². The minimum Gasteiger partial charge on any atom is -0.363 e. The summed E-state index contributed by atoms with van der Waals surface area (Å²) in [7, 11) is 0. The predicted octanol–water partition coefficient (Wildman–Crippen LogP) is 2.85. The average molecular weight is 370 g/mol. The highest BCUT2D eigenvalue weighted by Gasteiger charge is 2.66. The van der Waals surface area contributed by atoms with Crippen LogP contribution >= 0.6 is 11.3 Å². The summed E-state index contributed by atoms with van der Waals surface area (Å²) in [5, 5.41) is 15.8. The summed E-state index contributed by atoms with van der Waals surface area (Å²) in [4.78, 5) is 24.9. The van der Waals surface area contributed by atoms with Crippen molar-refractivity contribution in [2.24, 2.45) is 5.92 Å². The van der Waals surface area contributed by atoms with E-state index in [1.165, 1.54) is 35.6 Å². The molecular formula is C16H13F3N2O3S. The van der Waals surface area contributed by atoms with Crippen molar-refractivity contribution >= 4 is 23.2 Å². The molecule has 1 saturated heterocycles. The SMILES string of the molecule is O=C1N[C@H](c2cccs2)[C@@H](C(=O)c2ccccc2)[C@](O)(C(F)(F)F)N1. The van der Waals surface area contributed by atoms with Gasteiger partial charge >= 0.3 is 12.2 Å². The number of carbonyl (C=O) groups is 2. The number of carbonyl (C=O) groups excluding carboxylic acids is 2. The molecule has 132 valence electrons. The Labute approximate surface area is 144 Å². The molecule has 3 atom stereocenters. The van der Waals surface area contributed by atoms with Gasteiger partial charge in [0.2, 0.25) is 5.72 Å². The van der Waals surface area contributed by atoms with Crippen LogP contribution in [-0.4, -0.2) is 28.8 Å². The second-order valence-electron chi connectivity index (χ2n) is 5.56. The van der Waals surface area contributed by atoms with Gasteiger partial charge in [-0.25, -0.2) is 4.79 Å². The van der Waals surface area contributed by atoms with Crippen LogP contribution in [0.15, 0.2) is 47.8 Å². The van der Waals surface area contributed by atoms with Crippen molar-refractivity contribution < 1.29 is 27.9 Å². The molecule has 3 rings (SSSR count). The third-order valence-electron chi connectivity index (χ3n) is 4.00. The van der Waals surface area contributed by atoms with E-state index in [9.17, 15) is 27.9 Å². The van der Waals surface area contributed by atoms with E-state index in [-0.39, 0.29) is 5.56 Å². The fourth-order valence-electron chi connectivity index (χ4n) is 2.83. The molecule has 1 fully saturated rings. The zero-order chi connectivity index (χ0) is 18.2. The Hall–Kier alpha value is -2.39. The van der Waals surface area contributed by atoms with Crippen LogP contribution in [0.4, 0.5) is 18.0 Å². The average Bonchev–Trinajstić information content (AvgIpc) is 3.08. The molecule has 2 amide bonds. The van der Waals surface area contributed by atoms with Gasteiger partial charge in [0.25, 0.3) is 0 Å². The van der Waals surface area contributed by atoms with Crippen molar-refractivity contribution in [3.8, 4) is 0 Å². The lowest BCUT2D eigenvalue weighted by Crippen LogP contribution is -2.72. The van der Waals surface area contributed by atoms with Gasteiger partial charge in [0, 0.05) is 10.4 Å². The maximum Gasteiger partial charge on any atom is 0.437 e. The molecule has 9 heteroatoms. The van der Waals surface area contributed by atoms with Crippen LogP contribution in [0, 0.1) is 5.92 Å². The molecule has 1 aromatic carbocycles. The van der Waals surface area contributed by atoms with Gasteiger partial charge in [-0.2, -0.15) is 13.2 Å². The van der Waals surface area contributed by atoms with Crippen molar-refractivity contribution in [3.05, 3.63) is 58.3 Å².